The Bertz CT molecular complexity index is 549. The van der Waals surface area contributed by atoms with Gasteiger partial charge >= 0.3 is 6.09 Å². The van der Waals surface area contributed by atoms with E-state index in [1.165, 1.54) is 0 Å². The Hall–Kier alpha value is -2.24. The Labute approximate surface area is 117 Å². The molecule has 6 nitrogen and oxygen atoms in total. The first-order chi connectivity index (χ1) is 9.30. The lowest BCUT2D eigenvalue weighted by Gasteiger charge is -2.21. The molecule has 1 unspecified atom stereocenters. The molecule has 0 radical (unpaired) electrons. The molecule has 1 atom stereocenters. The van der Waals surface area contributed by atoms with Crippen LogP contribution in [0.5, 0.6) is 5.75 Å². The summed E-state index contributed by atoms with van der Waals surface area (Å²) in [6.45, 7) is 5.29. The summed E-state index contributed by atoms with van der Waals surface area (Å²) in [6, 6.07) is 4.43. The molecular weight excluding hydrogens is 260 g/mol. The number of hydrogen-bond acceptors (Lipinski definition) is 4. The second kappa shape index (κ2) is 5.03. The summed E-state index contributed by atoms with van der Waals surface area (Å²) < 4.78 is 10.3. The maximum atomic E-state index is 11.9. The molecule has 6 heteroatoms. The first-order valence-electron chi connectivity index (χ1n) is 6.28. The van der Waals surface area contributed by atoms with E-state index in [4.69, 9.17) is 9.47 Å². The molecule has 1 aliphatic rings. The van der Waals surface area contributed by atoms with Crippen LogP contribution in [0.15, 0.2) is 18.2 Å². The van der Waals surface area contributed by atoms with Crippen LogP contribution < -0.4 is 15.4 Å². The van der Waals surface area contributed by atoms with Gasteiger partial charge in [-0.25, -0.2) is 4.79 Å². The zero-order valence-corrected chi connectivity index (χ0v) is 11.9. The summed E-state index contributed by atoms with van der Waals surface area (Å²) in [5, 5.41) is 5.27. The first kappa shape index (κ1) is 14.2. The number of ether oxygens (including phenoxy) is 2. The van der Waals surface area contributed by atoms with Crippen molar-refractivity contribution in [1.29, 1.82) is 0 Å². The van der Waals surface area contributed by atoms with E-state index in [2.05, 4.69) is 10.6 Å². The molecule has 0 bridgehead atoms. The lowest BCUT2D eigenvalue weighted by molar-refractivity contribution is -0.117. The summed E-state index contributed by atoms with van der Waals surface area (Å²) >= 11 is 0. The highest BCUT2D eigenvalue weighted by Gasteiger charge is 2.33. The van der Waals surface area contributed by atoms with E-state index in [1.54, 1.807) is 46.1 Å². The maximum Gasteiger partial charge on any atom is 0.408 e. The summed E-state index contributed by atoms with van der Waals surface area (Å²) in [7, 11) is 1.54. The topological polar surface area (TPSA) is 76.7 Å². The van der Waals surface area contributed by atoms with Gasteiger partial charge < -0.3 is 20.1 Å². The van der Waals surface area contributed by atoms with E-state index in [-0.39, 0.29) is 5.91 Å². The highest BCUT2D eigenvalue weighted by Crippen LogP contribution is 2.33. The summed E-state index contributed by atoms with van der Waals surface area (Å²) in [6.07, 6.45) is -0.631. The molecule has 0 fully saturated rings. The van der Waals surface area contributed by atoms with Crippen molar-refractivity contribution in [3.63, 3.8) is 0 Å². The summed E-state index contributed by atoms with van der Waals surface area (Å²) in [4.78, 5) is 23.7. The van der Waals surface area contributed by atoms with Gasteiger partial charge in [0.25, 0.3) is 5.91 Å². The van der Waals surface area contributed by atoms with Gasteiger partial charge in [0.15, 0.2) is 0 Å². The number of carbonyl (C=O) groups excluding carboxylic acids is 2. The molecule has 0 saturated heterocycles. The van der Waals surface area contributed by atoms with Crippen LogP contribution in [0.3, 0.4) is 0 Å². The maximum absolute atomic E-state index is 11.9. The van der Waals surface area contributed by atoms with Crippen LogP contribution in [0.2, 0.25) is 0 Å². The largest absolute Gasteiger partial charge is 0.497 e. The standard InChI is InChI=1S/C14H18N2O4/c1-14(2,3)20-13(18)16-11-9-7-8(19-4)5-6-10(9)15-12(11)17/h5-7,11H,1-4H3,(H,15,17)(H,16,18). The zero-order chi connectivity index (χ0) is 14.9. The fourth-order valence-corrected chi connectivity index (χ4v) is 1.94. The van der Waals surface area contributed by atoms with Crippen molar-refractivity contribution in [3.8, 4) is 5.75 Å². The monoisotopic (exact) mass is 278 g/mol. The van der Waals surface area contributed by atoms with Gasteiger partial charge in [0.2, 0.25) is 0 Å². The zero-order valence-electron chi connectivity index (χ0n) is 11.9. The number of fused-ring (bicyclic) bond motifs is 1. The van der Waals surface area contributed by atoms with Crippen LogP contribution in [-0.2, 0) is 9.53 Å². The van der Waals surface area contributed by atoms with Crippen LogP contribution in [-0.4, -0.2) is 24.7 Å². The van der Waals surface area contributed by atoms with Gasteiger partial charge in [-0.2, -0.15) is 0 Å². The van der Waals surface area contributed by atoms with E-state index in [9.17, 15) is 9.59 Å². The number of nitrogens with one attached hydrogen (secondary N) is 2. The lowest BCUT2D eigenvalue weighted by Crippen LogP contribution is -2.37. The molecule has 0 saturated carbocycles. The second-order valence-corrected chi connectivity index (χ2v) is 5.52. The Morgan fingerprint density at radius 3 is 2.65 bits per heavy atom. The predicted molar refractivity (Wildman–Crippen MR) is 73.7 cm³/mol. The molecule has 2 amide bonds. The highest BCUT2D eigenvalue weighted by molar-refractivity contribution is 6.04. The molecule has 2 N–H and O–H groups in total. The molecule has 1 aliphatic heterocycles. The average molecular weight is 278 g/mol. The van der Waals surface area contributed by atoms with Gasteiger partial charge in [-0.3, -0.25) is 4.79 Å². The number of alkyl carbamates (subject to hydrolysis) is 1. The number of rotatable bonds is 2. The minimum absolute atomic E-state index is 0.292. The van der Waals surface area contributed by atoms with Gasteiger partial charge in [-0.15, -0.1) is 0 Å². The average Bonchev–Trinajstić information content (AvgIpc) is 2.63. The quantitative estimate of drug-likeness (QED) is 0.869. The molecule has 0 aromatic heterocycles. The van der Waals surface area contributed by atoms with E-state index >= 15 is 0 Å². The minimum Gasteiger partial charge on any atom is -0.497 e. The van der Waals surface area contributed by atoms with Crippen LogP contribution in [0.25, 0.3) is 0 Å². The van der Waals surface area contributed by atoms with Crippen LogP contribution in [0, 0.1) is 0 Å². The summed E-state index contributed by atoms with van der Waals surface area (Å²) in [5.41, 5.74) is 0.716. The molecule has 108 valence electrons. The van der Waals surface area contributed by atoms with Crippen molar-refractivity contribution in [2.24, 2.45) is 0 Å². The molecule has 20 heavy (non-hydrogen) atoms. The smallest absolute Gasteiger partial charge is 0.408 e. The van der Waals surface area contributed by atoms with Gasteiger partial charge in [0.05, 0.1) is 7.11 Å². The molecule has 0 aliphatic carbocycles. The Morgan fingerprint density at radius 2 is 2.05 bits per heavy atom. The van der Waals surface area contributed by atoms with E-state index in [1.807, 2.05) is 0 Å². The van der Waals surface area contributed by atoms with Crippen LogP contribution in [0.4, 0.5) is 10.5 Å². The molecule has 1 heterocycles. The third-order valence-corrected chi connectivity index (χ3v) is 2.75. The first-order valence-corrected chi connectivity index (χ1v) is 6.28. The number of carbonyl (C=O) groups is 2. The van der Waals surface area contributed by atoms with E-state index < -0.39 is 17.7 Å². The predicted octanol–water partition coefficient (Wildman–Crippen LogP) is 2.21. The minimum atomic E-state index is -0.769. The van der Waals surface area contributed by atoms with E-state index in [0.29, 0.717) is 17.0 Å². The molecule has 1 aromatic carbocycles. The van der Waals surface area contributed by atoms with Crippen molar-refractivity contribution < 1.29 is 19.1 Å². The number of methoxy groups -OCH3 is 1. The molecule has 1 aromatic rings. The normalized spacial score (nSPS) is 17.2. The Morgan fingerprint density at radius 1 is 1.35 bits per heavy atom. The van der Waals surface area contributed by atoms with Gasteiger partial charge in [-0.05, 0) is 39.0 Å². The fourth-order valence-electron chi connectivity index (χ4n) is 1.94. The summed E-state index contributed by atoms with van der Waals surface area (Å²) in [5.74, 6) is 0.329. The Balaban J connectivity index is 2.18. The third kappa shape index (κ3) is 3.01. The van der Waals surface area contributed by atoms with Gasteiger partial charge in [-0.1, -0.05) is 0 Å². The fraction of sp³-hybridized carbons (Fsp3) is 0.429. The third-order valence-electron chi connectivity index (χ3n) is 2.75. The SMILES string of the molecule is COc1ccc2c(c1)C(NC(=O)OC(C)(C)C)C(=O)N2. The van der Waals surface area contributed by atoms with Crippen molar-refractivity contribution in [2.75, 3.05) is 12.4 Å². The Kier molecular flexibility index (Phi) is 3.57. The lowest BCUT2D eigenvalue weighted by atomic mass is 10.1. The number of amides is 2. The number of benzene rings is 1. The van der Waals surface area contributed by atoms with Crippen molar-refractivity contribution in [2.45, 2.75) is 32.4 Å². The van der Waals surface area contributed by atoms with Crippen molar-refractivity contribution >= 4 is 17.7 Å². The van der Waals surface area contributed by atoms with Gasteiger partial charge in [0, 0.05) is 11.3 Å². The van der Waals surface area contributed by atoms with Crippen molar-refractivity contribution in [3.05, 3.63) is 23.8 Å². The molecular formula is C14H18N2O4. The number of anilines is 1. The van der Waals surface area contributed by atoms with Crippen LogP contribution >= 0.6 is 0 Å². The van der Waals surface area contributed by atoms with Gasteiger partial charge in [0.1, 0.15) is 17.4 Å². The van der Waals surface area contributed by atoms with Crippen LogP contribution in [0.1, 0.15) is 32.4 Å². The van der Waals surface area contributed by atoms with Crippen molar-refractivity contribution in [1.82, 2.24) is 5.32 Å². The second-order valence-electron chi connectivity index (χ2n) is 5.52. The van der Waals surface area contributed by atoms with E-state index in [0.717, 1.165) is 0 Å². The highest BCUT2D eigenvalue weighted by atomic mass is 16.6. The number of hydrogen-bond donors (Lipinski definition) is 2. The molecule has 2 rings (SSSR count). The molecule has 0 spiro atoms.